The number of carbonyl (C=O) groups is 1. The molecule has 0 aliphatic carbocycles. The average molecular weight is 272 g/mol. The molecular formula is C17H24N2O. The highest BCUT2D eigenvalue weighted by Crippen LogP contribution is 2.32. The summed E-state index contributed by atoms with van der Waals surface area (Å²) in [4.78, 5) is 11.9. The predicted molar refractivity (Wildman–Crippen MR) is 82.9 cm³/mol. The van der Waals surface area contributed by atoms with Crippen molar-refractivity contribution in [2.45, 2.75) is 46.1 Å². The van der Waals surface area contributed by atoms with Crippen LogP contribution in [-0.4, -0.2) is 11.4 Å². The Balaban J connectivity index is 2.61. The molecule has 108 valence electrons. The Kier molecular flexibility index (Phi) is 3.89. The standard InChI is InChI=1S/C17H24N2O/c1-11(2)9-14(16(18)20)15-13-8-6-5-7-12(13)10-17(3,4)19-15/h5-8,11,19H,9-10H2,1-4H3,(H2,18,20). The number of rotatable bonds is 3. The minimum absolute atomic E-state index is 0.0681. The zero-order valence-corrected chi connectivity index (χ0v) is 12.8. The summed E-state index contributed by atoms with van der Waals surface area (Å²) in [5.74, 6) is 0.0673. The molecule has 3 nitrogen and oxygen atoms in total. The quantitative estimate of drug-likeness (QED) is 0.831. The third-order valence-corrected chi connectivity index (χ3v) is 3.59. The van der Waals surface area contributed by atoms with Crippen molar-refractivity contribution in [3.63, 3.8) is 0 Å². The maximum Gasteiger partial charge on any atom is 0.246 e. The van der Waals surface area contributed by atoms with Crippen LogP contribution in [-0.2, 0) is 11.2 Å². The van der Waals surface area contributed by atoms with Crippen LogP contribution < -0.4 is 11.1 Å². The number of nitrogens with two attached hydrogens (primary N) is 1. The monoisotopic (exact) mass is 272 g/mol. The van der Waals surface area contributed by atoms with Gasteiger partial charge in [0.25, 0.3) is 0 Å². The van der Waals surface area contributed by atoms with Crippen molar-refractivity contribution >= 4 is 11.6 Å². The molecule has 0 spiro atoms. The second-order valence-electron chi connectivity index (χ2n) is 6.66. The van der Waals surface area contributed by atoms with Gasteiger partial charge in [0.2, 0.25) is 5.91 Å². The highest BCUT2D eigenvalue weighted by atomic mass is 16.1. The fourth-order valence-electron chi connectivity index (χ4n) is 2.82. The summed E-state index contributed by atoms with van der Waals surface area (Å²) in [6, 6.07) is 8.25. The summed E-state index contributed by atoms with van der Waals surface area (Å²) in [7, 11) is 0. The van der Waals surface area contributed by atoms with Gasteiger partial charge >= 0.3 is 0 Å². The molecule has 1 aromatic carbocycles. The van der Waals surface area contributed by atoms with Gasteiger partial charge < -0.3 is 11.1 Å². The molecule has 0 fully saturated rings. The zero-order chi connectivity index (χ0) is 14.9. The maximum absolute atomic E-state index is 11.9. The molecule has 1 amide bonds. The van der Waals surface area contributed by atoms with Gasteiger partial charge in [-0.2, -0.15) is 0 Å². The first-order chi connectivity index (χ1) is 9.30. The molecule has 0 radical (unpaired) electrons. The van der Waals surface area contributed by atoms with E-state index in [-0.39, 0.29) is 11.4 Å². The van der Waals surface area contributed by atoms with Crippen LogP contribution in [0.3, 0.4) is 0 Å². The van der Waals surface area contributed by atoms with Crippen LogP contribution >= 0.6 is 0 Å². The number of carbonyl (C=O) groups excluding carboxylic acids is 1. The van der Waals surface area contributed by atoms with E-state index >= 15 is 0 Å². The molecular weight excluding hydrogens is 248 g/mol. The highest BCUT2D eigenvalue weighted by Gasteiger charge is 2.30. The highest BCUT2D eigenvalue weighted by molar-refractivity contribution is 6.00. The second-order valence-corrected chi connectivity index (χ2v) is 6.66. The zero-order valence-electron chi connectivity index (χ0n) is 12.8. The lowest BCUT2D eigenvalue weighted by atomic mass is 9.83. The largest absolute Gasteiger partial charge is 0.379 e. The van der Waals surface area contributed by atoms with Crippen molar-refractivity contribution in [2.24, 2.45) is 11.7 Å². The van der Waals surface area contributed by atoms with Gasteiger partial charge in [-0.3, -0.25) is 4.79 Å². The summed E-state index contributed by atoms with van der Waals surface area (Å²) in [5.41, 5.74) is 9.56. The van der Waals surface area contributed by atoms with Crippen LogP contribution in [0.5, 0.6) is 0 Å². The van der Waals surface area contributed by atoms with Crippen LogP contribution in [0.25, 0.3) is 5.70 Å². The van der Waals surface area contributed by atoms with Gasteiger partial charge in [-0.1, -0.05) is 38.1 Å². The fraction of sp³-hybridized carbons (Fsp3) is 0.471. The van der Waals surface area contributed by atoms with E-state index in [2.05, 4.69) is 45.1 Å². The van der Waals surface area contributed by atoms with Crippen molar-refractivity contribution < 1.29 is 4.79 Å². The lowest BCUT2D eigenvalue weighted by Crippen LogP contribution is -2.44. The molecule has 1 aliphatic heterocycles. The van der Waals surface area contributed by atoms with Crippen molar-refractivity contribution in [1.29, 1.82) is 0 Å². The molecule has 0 atom stereocenters. The van der Waals surface area contributed by atoms with E-state index < -0.39 is 0 Å². The lowest BCUT2D eigenvalue weighted by Gasteiger charge is -2.36. The van der Waals surface area contributed by atoms with E-state index in [0.29, 0.717) is 17.9 Å². The molecule has 0 saturated heterocycles. The number of hydrogen-bond donors (Lipinski definition) is 2. The number of fused-ring (bicyclic) bond motifs is 1. The Hall–Kier alpha value is -1.77. The first-order valence-electron chi connectivity index (χ1n) is 7.19. The molecule has 0 saturated carbocycles. The number of nitrogens with one attached hydrogen (secondary N) is 1. The minimum atomic E-state index is -0.325. The Morgan fingerprint density at radius 2 is 2.00 bits per heavy atom. The molecule has 3 heteroatoms. The van der Waals surface area contributed by atoms with Gasteiger partial charge in [0.05, 0.1) is 5.70 Å². The van der Waals surface area contributed by atoms with Crippen molar-refractivity contribution in [3.05, 3.63) is 41.0 Å². The van der Waals surface area contributed by atoms with Crippen LogP contribution in [0.1, 0.15) is 45.2 Å². The van der Waals surface area contributed by atoms with Gasteiger partial charge in [0, 0.05) is 16.7 Å². The van der Waals surface area contributed by atoms with Gasteiger partial charge in [0.1, 0.15) is 0 Å². The van der Waals surface area contributed by atoms with Crippen LogP contribution in [0.2, 0.25) is 0 Å². The van der Waals surface area contributed by atoms with Crippen molar-refractivity contribution in [2.75, 3.05) is 0 Å². The van der Waals surface area contributed by atoms with E-state index in [1.54, 1.807) is 0 Å². The second kappa shape index (κ2) is 5.31. The van der Waals surface area contributed by atoms with E-state index in [1.807, 2.05) is 12.1 Å². The fourth-order valence-corrected chi connectivity index (χ4v) is 2.82. The van der Waals surface area contributed by atoms with Crippen LogP contribution in [0.15, 0.2) is 29.8 Å². The first kappa shape index (κ1) is 14.6. The average Bonchev–Trinajstić information content (AvgIpc) is 2.33. The number of primary amides is 1. The summed E-state index contributed by atoms with van der Waals surface area (Å²) < 4.78 is 0. The smallest absolute Gasteiger partial charge is 0.246 e. The van der Waals surface area contributed by atoms with Gasteiger partial charge in [-0.15, -0.1) is 0 Å². The minimum Gasteiger partial charge on any atom is -0.379 e. The van der Waals surface area contributed by atoms with Gasteiger partial charge in [-0.05, 0) is 38.2 Å². The van der Waals surface area contributed by atoms with Crippen molar-refractivity contribution in [1.82, 2.24) is 5.32 Å². The van der Waals surface area contributed by atoms with Crippen LogP contribution in [0.4, 0.5) is 0 Å². The molecule has 0 aromatic heterocycles. The Morgan fingerprint density at radius 3 is 2.60 bits per heavy atom. The third-order valence-electron chi connectivity index (χ3n) is 3.59. The molecule has 2 rings (SSSR count). The van der Waals surface area contributed by atoms with E-state index in [1.165, 1.54) is 5.56 Å². The number of hydrogen-bond acceptors (Lipinski definition) is 2. The first-order valence-corrected chi connectivity index (χ1v) is 7.19. The van der Waals surface area contributed by atoms with Crippen molar-refractivity contribution in [3.8, 4) is 0 Å². The molecule has 1 aromatic rings. The summed E-state index contributed by atoms with van der Waals surface area (Å²) >= 11 is 0. The molecule has 0 unspecified atom stereocenters. The van der Waals surface area contributed by atoms with E-state index in [0.717, 1.165) is 17.7 Å². The Labute approximate surface area is 121 Å². The Bertz CT molecular complexity index is 556. The molecule has 0 bridgehead atoms. The normalized spacial score (nSPS) is 19.2. The third kappa shape index (κ3) is 3.03. The number of amides is 1. The molecule has 1 aliphatic rings. The summed E-state index contributed by atoms with van der Waals surface area (Å²) in [5, 5.41) is 3.51. The van der Waals surface area contributed by atoms with Gasteiger partial charge in [0.15, 0.2) is 0 Å². The summed E-state index contributed by atoms with van der Waals surface area (Å²) in [6.45, 7) is 8.50. The van der Waals surface area contributed by atoms with Gasteiger partial charge in [-0.25, -0.2) is 0 Å². The topological polar surface area (TPSA) is 55.1 Å². The Morgan fingerprint density at radius 1 is 1.35 bits per heavy atom. The summed E-state index contributed by atoms with van der Waals surface area (Å²) in [6.07, 6.45) is 1.64. The predicted octanol–water partition coefficient (Wildman–Crippen LogP) is 2.85. The van der Waals surface area contributed by atoms with E-state index in [4.69, 9.17) is 5.73 Å². The molecule has 1 heterocycles. The van der Waals surface area contributed by atoms with Crippen LogP contribution in [0, 0.1) is 5.92 Å². The molecule has 3 N–H and O–H groups in total. The molecule has 20 heavy (non-hydrogen) atoms. The lowest BCUT2D eigenvalue weighted by molar-refractivity contribution is -0.114. The SMILES string of the molecule is CC(C)CC(C(N)=O)=C1NC(C)(C)Cc2ccccc21. The number of benzene rings is 1. The van der Waals surface area contributed by atoms with E-state index in [9.17, 15) is 4.79 Å². The maximum atomic E-state index is 11.9.